The van der Waals surface area contributed by atoms with E-state index in [0.29, 0.717) is 12.0 Å². The second-order valence-electron chi connectivity index (χ2n) is 5.00. The third kappa shape index (κ3) is 4.12. The molecule has 3 heteroatoms. The minimum Gasteiger partial charge on any atom is -0.190 e. The van der Waals surface area contributed by atoms with Crippen LogP contribution in [0.3, 0.4) is 0 Å². The molecule has 0 saturated carbocycles. The van der Waals surface area contributed by atoms with Crippen molar-refractivity contribution in [1.29, 1.82) is 0 Å². The lowest BCUT2D eigenvalue weighted by molar-refractivity contribution is 0.502. The summed E-state index contributed by atoms with van der Waals surface area (Å²) in [6, 6.07) is 11.1. The number of nitrogens with zero attached hydrogens (tertiary/aromatic N) is 1. The molecule has 0 bridgehead atoms. The van der Waals surface area contributed by atoms with Crippen molar-refractivity contribution in [3.63, 3.8) is 0 Å². The fourth-order valence-corrected chi connectivity index (χ4v) is 2.16. The van der Waals surface area contributed by atoms with E-state index in [9.17, 15) is 8.78 Å². The van der Waals surface area contributed by atoms with Gasteiger partial charge < -0.3 is 0 Å². The molecular weight excluding hydrogens is 256 g/mol. The molecule has 1 nitrogen and oxygen atoms in total. The van der Waals surface area contributed by atoms with E-state index in [1.54, 1.807) is 0 Å². The topological polar surface area (TPSA) is 12.9 Å². The van der Waals surface area contributed by atoms with Gasteiger partial charge in [0.15, 0.2) is 0 Å². The van der Waals surface area contributed by atoms with Crippen LogP contribution in [0.4, 0.5) is 8.78 Å². The van der Waals surface area contributed by atoms with Crippen molar-refractivity contribution in [3.05, 3.63) is 65.0 Å². The van der Waals surface area contributed by atoms with Crippen molar-refractivity contribution in [1.82, 2.24) is 4.98 Å². The molecular formula is C17H19F2N. The SMILES string of the molecule is CCCCc1ccc(CCc2ccc(F)nc2F)cc1. The first kappa shape index (κ1) is 14.6. The fourth-order valence-electron chi connectivity index (χ4n) is 2.16. The van der Waals surface area contributed by atoms with Crippen LogP contribution in [0.15, 0.2) is 36.4 Å². The highest BCUT2D eigenvalue weighted by molar-refractivity contribution is 5.24. The number of hydrogen-bond acceptors (Lipinski definition) is 1. The molecule has 0 spiro atoms. The molecule has 0 aliphatic carbocycles. The number of unbranched alkanes of at least 4 members (excludes halogenated alkanes) is 1. The molecule has 0 saturated heterocycles. The molecule has 2 rings (SSSR count). The first-order chi connectivity index (χ1) is 9.69. The maximum absolute atomic E-state index is 13.4. The Kier molecular flexibility index (Phi) is 5.22. The van der Waals surface area contributed by atoms with Crippen LogP contribution in [-0.2, 0) is 19.3 Å². The molecule has 0 amide bonds. The van der Waals surface area contributed by atoms with Gasteiger partial charge in [0.25, 0.3) is 0 Å². The Balaban J connectivity index is 1.93. The highest BCUT2D eigenvalue weighted by atomic mass is 19.1. The summed E-state index contributed by atoms with van der Waals surface area (Å²) in [7, 11) is 0. The van der Waals surface area contributed by atoms with Gasteiger partial charge in [-0.2, -0.15) is 13.8 Å². The van der Waals surface area contributed by atoms with Crippen molar-refractivity contribution < 1.29 is 8.78 Å². The average Bonchev–Trinajstić information content (AvgIpc) is 2.45. The summed E-state index contributed by atoms with van der Waals surface area (Å²) in [4.78, 5) is 3.20. The van der Waals surface area contributed by atoms with Crippen molar-refractivity contribution in [2.75, 3.05) is 0 Å². The molecule has 2 aromatic rings. The Morgan fingerprint density at radius 3 is 2.10 bits per heavy atom. The predicted molar refractivity (Wildman–Crippen MR) is 76.6 cm³/mol. The van der Waals surface area contributed by atoms with Gasteiger partial charge in [-0.25, -0.2) is 0 Å². The number of aryl methyl sites for hydroxylation is 3. The van der Waals surface area contributed by atoms with Gasteiger partial charge in [-0.05, 0) is 48.9 Å². The molecule has 0 radical (unpaired) electrons. The van der Waals surface area contributed by atoms with Gasteiger partial charge in [-0.3, -0.25) is 0 Å². The average molecular weight is 275 g/mol. The molecule has 1 aromatic carbocycles. The molecule has 0 atom stereocenters. The smallest absolute Gasteiger partial charge is 0.190 e. The van der Waals surface area contributed by atoms with Gasteiger partial charge in [0.2, 0.25) is 11.9 Å². The summed E-state index contributed by atoms with van der Waals surface area (Å²) in [6.07, 6.45) is 4.77. The molecule has 0 fully saturated rings. The van der Waals surface area contributed by atoms with Crippen LogP contribution >= 0.6 is 0 Å². The number of hydrogen-bond donors (Lipinski definition) is 0. The van der Waals surface area contributed by atoms with Crippen molar-refractivity contribution in [2.24, 2.45) is 0 Å². The van der Waals surface area contributed by atoms with Crippen LogP contribution in [0.2, 0.25) is 0 Å². The third-order valence-electron chi connectivity index (χ3n) is 3.42. The number of benzene rings is 1. The standard InChI is InChI=1S/C17H19F2N/c1-2-3-4-13-5-7-14(8-6-13)9-10-15-11-12-16(18)20-17(15)19/h5-8,11-12H,2-4,9-10H2,1H3. The zero-order valence-electron chi connectivity index (χ0n) is 11.7. The van der Waals surface area contributed by atoms with Crippen LogP contribution in [0.1, 0.15) is 36.5 Å². The largest absolute Gasteiger partial charge is 0.218 e. The number of halogens is 2. The molecule has 0 N–H and O–H groups in total. The Morgan fingerprint density at radius 2 is 1.50 bits per heavy atom. The monoisotopic (exact) mass is 275 g/mol. The Labute approximate surface area is 118 Å². The summed E-state index contributed by atoms with van der Waals surface area (Å²) in [6.45, 7) is 2.18. The van der Waals surface area contributed by atoms with Crippen molar-refractivity contribution >= 4 is 0 Å². The lowest BCUT2D eigenvalue weighted by atomic mass is 10.0. The Hall–Kier alpha value is -1.77. The van der Waals surface area contributed by atoms with E-state index in [-0.39, 0.29) is 0 Å². The van der Waals surface area contributed by atoms with Crippen LogP contribution in [0.5, 0.6) is 0 Å². The molecule has 1 aromatic heterocycles. The van der Waals surface area contributed by atoms with Crippen LogP contribution in [-0.4, -0.2) is 4.98 Å². The molecule has 0 aliphatic heterocycles. The summed E-state index contributed by atoms with van der Waals surface area (Å²) >= 11 is 0. The number of rotatable bonds is 6. The van der Waals surface area contributed by atoms with Gasteiger partial charge in [0.1, 0.15) is 0 Å². The van der Waals surface area contributed by atoms with Crippen LogP contribution in [0, 0.1) is 11.9 Å². The van der Waals surface area contributed by atoms with E-state index in [2.05, 4.69) is 36.2 Å². The number of pyridine rings is 1. The molecule has 0 aliphatic rings. The van der Waals surface area contributed by atoms with Crippen LogP contribution < -0.4 is 0 Å². The first-order valence-electron chi connectivity index (χ1n) is 7.07. The minimum absolute atomic E-state index is 0.460. The highest BCUT2D eigenvalue weighted by Crippen LogP contribution is 2.12. The van der Waals surface area contributed by atoms with E-state index in [0.717, 1.165) is 18.4 Å². The first-order valence-corrected chi connectivity index (χ1v) is 7.07. The van der Waals surface area contributed by atoms with E-state index in [1.165, 1.54) is 30.5 Å². The Bertz CT molecular complexity index is 549. The minimum atomic E-state index is -0.772. The zero-order valence-corrected chi connectivity index (χ0v) is 11.7. The summed E-state index contributed by atoms with van der Waals surface area (Å²) < 4.78 is 26.1. The lowest BCUT2D eigenvalue weighted by Gasteiger charge is -2.05. The fraction of sp³-hybridized carbons (Fsp3) is 0.353. The second kappa shape index (κ2) is 7.13. The summed E-state index contributed by atoms with van der Waals surface area (Å²) in [5.74, 6) is -1.48. The molecule has 1 heterocycles. The van der Waals surface area contributed by atoms with Gasteiger partial charge in [-0.1, -0.05) is 37.6 Å². The van der Waals surface area contributed by atoms with Gasteiger partial charge in [0.05, 0.1) is 0 Å². The van der Waals surface area contributed by atoms with Gasteiger partial charge in [0, 0.05) is 5.56 Å². The van der Waals surface area contributed by atoms with E-state index in [1.807, 2.05) is 0 Å². The summed E-state index contributed by atoms with van der Waals surface area (Å²) in [5, 5.41) is 0. The normalized spacial score (nSPS) is 10.8. The van der Waals surface area contributed by atoms with E-state index >= 15 is 0 Å². The molecule has 106 valence electrons. The quantitative estimate of drug-likeness (QED) is 0.708. The van der Waals surface area contributed by atoms with Crippen molar-refractivity contribution in [3.8, 4) is 0 Å². The highest BCUT2D eigenvalue weighted by Gasteiger charge is 2.05. The Morgan fingerprint density at radius 1 is 0.850 bits per heavy atom. The van der Waals surface area contributed by atoms with Gasteiger partial charge in [-0.15, -0.1) is 0 Å². The molecule has 20 heavy (non-hydrogen) atoms. The summed E-state index contributed by atoms with van der Waals surface area (Å²) in [5.41, 5.74) is 2.96. The van der Waals surface area contributed by atoms with Gasteiger partial charge >= 0.3 is 0 Å². The van der Waals surface area contributed by atoms with E-state index in [4.69, 9.17) is 0 Å². The zero-order chi connectivity index (χ0) is 14.4. The lowest BCUT2D eigenvalue weighted by Crippen LogP contribution is -1.99. The van der Waals surface area contributed by atoms with Crippen molar-refractivity contribution in [2.45, 2.75) is 39.0 Å². The third-order valence-corrected chi connectivity index (χ3v) is 3.42. The maximum atomic E-state index is 13.4. The number of aromatic nitrogens is 1. The van der Waals surface area contributed by atoms with Crippen LogP contribution in [0.25, 0.3) is 0 Å². The maximum Gasteiger partial charge on any atom is 0.218 e. The second-order valence-corrected chi connectivity index (χ2v) is 5.00. The van der Waals surface area contributed by atoms with E-state index < -0.39 is 11.9 Å². The molecule has 0 unspecified atom stereocenters. The predicted octanol–water partition coefficient (Wildman–Crippen LogP) is 4.49.